The molecule has 0 aliphatic heterocycles. The van der Waals surface area contributed by atoms with Gasteiger partial charge in [-0.1, -0.05) is 80.4 Å². The minimum absolute atomic E-state index is 1.08. The van der Waals surface area contributed by atoms with Gasteiger partial charge < -0.3 is 4.90 Å². The lowest BCUT2D eigenvalue weighted by Gasteiger charge is -2.27. The summed E-state index contributed by atoms with van der Waals surface area (Å²) < 4.78 is 2.15. The summed E-state index contributed by atoms with van der Waals surface area (Å²) in [4.78, 5) is 2.29. The molecule has 30 heavy (non-hydrogen) atoms. The highest BCUT2D eigenvalue weighted by molar-refractivity contribution is 9.10. The van der Waals surface area contributed by atoms with Crippen LogP contribution in [-0.4, -0.2) is 7.05 Å². The monoisotopic (exact) mass is 519 g/mol. The number of hydrogen-bond donors (Lipinski definition) is 0. The first-order valence-electron chi connectivity index (χ1n) is 9.90. The molecule has 0 amide bonds. The van der Waals surface area contributed by atoms with E-state index >= 15 is 0 Å². The molecule has 0 atom stereocenters. The Morgan fingerprint density at radius 2 is 0.933 bits per heavy atom. The van der Waals surface area contributed by atoms with Crippen molar-refractivity contribution in [2.24, 2.45) is 0 Å². The summed E-state index contributed by atoms with van der Waals surface area (Å²) in [5, 5.41) is 0. The molecule has 1 nitrogen and oxygen atoms in total. The van der Waals surface area contributed by atoms with E-state index in [1.54, 1.807) is 0 Å². The fourth-order valence-electron chi connectivity index (χ4n) is 3.91. The zero-order valence-corrected chi connectivity index (χ0v) is 20.5. The second-order valence-electron chi connectivity index (χ2n) is 7.51. The first-order chi connectivity index (χ1) is 14.5. The molecule has 150 valence electrons. The third kappa shape index (κ3) is 4.10. The number of halogens is 2. The number of hydrogen-bond acceptors (Lipinski definition) is 1. The van der Waals surface area contributed by atoms with E-state index in [0.717, 1.165) is 8.95 Å². The lowest BCUT2D eigenvalue weighted by Crippen LogP contribution is -2.12. The van der Waals surface area contributed by atoms with Gasteiger partial charge in [-0.15, -0.1) is 0 Å². The number of benzene rings is 4. The molecule has 4 aromatic carbocycles. The van der Waals surface area contributed by atoms with Crippen molar-refractivity contribution in [1.82, 2.24) is 0 Å². The van der Waals surface area contributed by atoms with E-state index < -0.39 is 0 Å². The summed E-state index contributed by atoms with van der Waals surface area (Å²) in [5.74, 6) is 0. The van der Waals surface area contributed by atoms with Crippen LogP contribution < -0.4 is 4.90 Å². The highest BCUT2D eigenvalue weighted by atomic mass is 79.9. The SMILES string of the molecule is Cc1ccccc1-c1cc(Br)ccc1N(C)c1ccc(Br)cc1-c1ccccc1C. The lowest BCUT2D eigenvalue weighted by atomic mass is 9.96. The fourth-order valence-corrected chi connectivity index (χ4v) is 4.64. The van der Waals surface area contributed by atoms with Crippen LogP contribution in [0.2, 0.25) is 0 Å². The van der Waals surface area contributed by atoms with Crippen LogP contribution in [0.3, 0.4) is 0 Å². The maximum Gasteiger partial charge on any atom is 0.0488 e. The zero-order valence-electron chi connectivity index (χ0n) is 17.3. The Bertz CT molecular complexity index is 1120. The van der Waals surface area contributed by atoms with E-state index in [2.05, 4.69) is 143 Å². The summed E-state index contributed by atoms with van der Waals surface area (Å²) in [6.07, 6.45) is 0. The second-order valence-corrected chi connectivity index (χ2v) is 9.34. The van der Waals surface area contributed by atoms with Crippen LogP contribution in [0.25, 0.3) is 22.3 Å². The van der Waals surface area contributed by atoms with Crippen LogP contribution in [0.15, 0.2) is 93.9 Å². The maximum absolute atomic E-state index is 3.67. The zero-order chi connectivity index (χ0) is 21.3. The van der Waals surface area contributed by atoms with Gasteiger partial charge in [0.15, 0.2) is 0 Å². The first-order valence-corrected chi connectivity index (χ1v) is 11.5. The van der Waals surface area contributed by atoms with Gasteiger partial charge in [0.1, 0.15) is 0 Å². The van der Waals surface area contributed by atoms with Crippen molar-refractivity contribution >= 4 is 43.2 Å². The molecule has 4 aromatic rings. The summed E-state index contributed by atoms with van der Waals surface area (Å²) >= 11 is 7.34. The predicted molar refractivity (Wildman–Crippen MR) is 137 cm³/mol. The topological polar surface area (TPSA) is 3.24 Å². The molecule has 0 aromatic heterocycles. The van der Waals surface area contributed by atoms with Gasteiger partial charge in [-0.2, -0.15) is 0 Å². The molecule has 0 saturated heterocycles. The minimum atomic E-state index is 1.08. The van der Waals surface area contributed by atoms with E-state index in [4.69, 9.17) is 0 Å². The quantitative estimate of drug-likeness (QED) is 0.259. The summed E-state index contributed by atoms with van der Waals surface area (Å²) in [6, 6.07) is 30.1. The average Bonchev–Trinajstić information content (AvgIpc) is 2.74. The molecular weight excluding hydrogens is 498 g/mol. The van der Waals surface area contributed by atoms with E-state index in [1.165, 1.54) is 44.8 Å². The molecule has 4 rings (SSSR count). The number of aryl methyl sites for hydroxylation is 2. The molecule has 0 unspecified atom stereocenters. The van der Waals surface area contributed by atoms with Crippen LogP contribution in [0, 0.1) is 13.8 Å². The Hall–Kier alpha value is -2.36. The predicted octanol–water partition coefficient (Wildman–Crippen LogP) is 8.93. The average molecular weight is 521 g/mol. The smallest absolute Gasteiger partial charge is 0.0488 e. The van der Waals surface area contributed by atoms with Crippen LogP contribution in [0.5, 0.6) is 0 Å². The second kappa shape index (κ2) is 8.79. The molecule has 0 aliphatic carbocycles. The number of rotatable bonds is 4. The van der Waals surface area contributed by atoms with Crippen molar-refractivity contribution in [3.8, 4) is 22.3 Å². The Kier molecular flexibility index (Phi) is 6.12. The lowest BCUT2D eigenvalue weighted by molar-refractivity contribution is 1.20. The van der Waals surface area contributed by atoms with Crippen LogP contribution >= 0.6 is 31.9 Å². The van der Waals surface area contributed by atoms with E-state index in [0.29, 0.717) is 0 Å². The van der Waals surface area contributed by atoms with Gasteiger partial charge in [-0.05, 0) is 72.5 Å². The molecule has 0 heterocycles. The van der Waals surface area contributed by atoms with Crippen molar-refractivity contribution in [2.75, 3.05) is 11.9 Å². The van der Waals surface area contributed by atoms with Crippen molar-refractivity contribution < 1.29 is 0 Å². The molecule has 0 saturated carbocycles. The van der Waals surface area contributed by atoms with E-state index in [1.807, 2.05) is 0 Å². The molecule has 0 N–H and O–H groups in total. The molecule has 0 bridgehead atoms. The molecule has 0 radical (unpaired) electrons. The van der Waals surface area contributed by atoms with Crippen molar-refractivity contribution in [3.63, 3.8) is 0 Å². The Labute approximate surface area is 195 Å². The standard InChI is InChI=1S/C27H23Br2N/c1-18-8-4-6-10-22(18)24-16-20(28)12-14-26(24)30(3)27-15-13-21(29)17-25(27)23-11-7-5-9-19(23)2/h4-17H,1-3H3. The van der Waals surface area contributed by atoms with Gasteiger partial charge in [0.05, 0.1) is 0 Å². The third-order valence-corrected chi connectivity index (χ3v) is 6.50. The largest absolute Gasteiger partial charge is 0.344 e. The molecular formula is C27H23Br2N. The molecule has 3 heteroatoms. The highest BCUT2D eigenvalue weighted by Gasteiger charge is 2.17. The van der Waals surface area contributed by atoms with Crippen LogP contribution in [-0.2, 0) is 0 Å². The van der Waals surface area contributed by atoms with E-state index in [-0.39, 0.29) is 0 Å². The number of anilines is 2. The van der Waals surface area contributed by atoms with Gasteiger partial charge in [0.2, 0.25) is 0 Å². The van der Waals surface area contributed by atoms with E-state index in [9.17, 15) is 0 Å². The normalized spacial score (nSPS) is 10.8. The van der Waals surface area contributed by atoms with Crippen LogP contribution in [0.4, 0.5) is 11.4 Å². The molecule has 0 spiro atoms. The van der Waals surface area contributed by atoms with Crippen molar-refractivity contribution in [2.45, 2.75) is 13.8 Å². The number of nitrogens with zero attached hydrogens (tertiary/aromatic N) is 1. The highest BCUT2D eigenvalue weighted by Crippen LogP contribution is 2.42. The summed E-state index contributed by atoms with van der Waals surface area (Å²) in [6.45, 7) is 4.33. The Balaban J connectivity index is 1.91. The van der Waals surface area contributed by atoms with Crippen LogP contribution in [0.1, 0.15) is 11.1 Å². The van der Waals surface area contributed by atoms with Crippen molar-refractivity contribution in [1.29, 1.82) is 0 Å². The van der Waals surface area contributed by atoms with Crippen molar-refractivity contribution in [3.05, 3.63) is 105 Å². The fraction of sp³-hybridized carbons (Fsp3) is 0.111. The van der Waals surface area contributed by atoms with Gasteiger partial charge >= 0.3 is 0 Å². The van der Waals surface area contributed by atoms with Gasteiger partial charge in [-0.25, -0.2) is 0 Å². The minimum Gasteiger partial charge on any atom is -0.344 e. The molecule has 0 fully saturated rings. The Morgan fingerprint density at radius 3 is 1.33 bits per heavy atom. The van der Waals surface area contributed by atoms with Gasteiger partial charge in [0.25, 0.3) is 0 Å². The third-order valence-electron chi connectivity index (χ3n) is 5.51. The Morgan fingerprint density at radius 1 is 0.533 bits per heavy atom. The molecule has 0 aliphatic rings. The summed E-state index contributed by atoms with van der Waals surface area (Å²) in [5.41, 5.74) is 9.78. The van der Waals surface area contributed by atoms with Gasteiger partial charge in [-0.3, -0.25) is 0 Å². The summed E-state index contributed by atoms with van der Waals surface area (Å²) in [7, 11) is 2.15. The first kappa shape index (κ1) is 20.9. The van der Waals surface area contributed by atoms with Gasteiger partial charge in [0, 0.05) is 38.5 Å². The maximum atomic E-state index is 3.67.